The van der Waals surface area contributed by atoms with Gasteiger partial charge < -0.3 is 33.8 Å². The molecule has 0 aromatic carbocycles. The average Bonchev–Trinajstić information content (AvgIpc) is 3.60. The van der Waals surface area contributed by atoms with Gasteiger partial charge >= 0.3 is 39.5 Å². The molecule has 7 atom stereocenters. The van der Waals surface area contributed by atoms with Crippen molar-refractivity contribution in [2.75, 3.05) is 39.6 Å². The standard InChI is InChI=1S/C69H134O17P2/c1-9-61(7)47-39-31-22-19-20-24-35-43-51-68(73)85-64(56-80-67(72)50-42-34-28-26-32-40-48-62(8)10-2)57-83-87(75,76)81-53-63(70)54-82-88(77,78)84-58-65(86-69(74)52-44-36-27-25-30-38-46-60(5)6)55-79-66(71)49-41-33-23-18-16-14-12-11-13-15-17-21-29-37-45-59(3)4/h59-65,70H,9-58H2,1-8H3,(H,75,76)(H,77,78)/t61?,62?,63-,64+,65+/m0/s1. The van der Waals surface area contributed by atoms with Crippen LogP contribution in [-0.2, 0) is 65.4 Å². The Labute approximate surface area is 537 Å². The summed E-state index contributed by atoms with van der Waals surface area (Å²) in [5, 5.41) is 10.6. The molecule has 0 radical (unpaired) electrons. The molecule has 0 spiro atoms. The van der Waals surface area contributed by atoms with E-state index in [-0.39, 0.29) is 25.7 Å². The lowest BCUT2D eigenvalue weighted by Crippen LogP contribution is -2.30. The highest BCUT2D eigenvalue weighted by Crippen LogP contribution is 2.45. The quantitative estimate of drug-likeness (QED) is 0.0222. The molecule has 0 aromatic rings. The van der Waals surface area contributed by atoms with E-state index in [1.54, 1.807) is 0 Å². The molecule has 0 aromatic heterocycles. The van der Waals surface area contributed by atoms with E-state index >= 15 is 0 Å². The maximum absolute atomic E-state index is 13.0. The third kappa shape index (κ3) is 60.3. The van der Waals surface area contributed by atoms with Crippen molar-refractivity contribution in [2.24, 2.45) is 23.7 Å². The Morgan fingerprint density at radius 1 is 0.318 bits per heavy atom. The summed E-state index contributed by atoms with van der Waals surface area (Å²) in [5.74, 6) is 0.832. The van der Waals surface area contributed by atoms with E-state index in [0.717, 1.165) is 114 Å². The van der Waals surface area contributed by atoms with Gasteiger partial charge in [-0.3, -0.25) is 37.3 Å². The topological polar surface area (TPSA) is 237 Å². The van der Waals surface area contributed by atoms with Gasteiger partial charge in [0.05, 0.1) is 26.4 Å². The van der Waals surface area contributed by atoms with E-state index in [0.29, 0.717) is 31.6 Å². The van der Waals surface area contributed by atoms with Crippen molar-refractivity contribution in [2.45, 2.75) is 356 Å². The summed E-state index contributed by atoms with van der Waals surface area (Å²) in [6.07, 6.45) is 40.5. The highest BCUT2D eigenvalue weighted by atomic mass is 31.2. The molecule has 0 aliphatic carbocycles. The number of phosphoric ester groups is 2. The van der Waals surface area contributed by atoms with E-state index in [9.17, 15) is 43.2 Å². The minimum Gasteiger partial charge on any atom is -0.462 e. The third-order valence-electron chi connectivity index (χ3n) is 16.5. The van der Waals surface area contributed by atoms with Crippen molar-refractivity contribution in [3.05, 3.63) is 0 Å². The number of esters is 4. The number of ether oxygens (including phenoxy) is 4. The Bertz CT molecular complexity index is 1750. The fourth-order valence-corrected chi connectivity index (χ4v) is 11.8. The molecule has 0 saturated heterocycles. The highest BCUT2D eigenvalue weighted by molar-refractivity contribution is 7.47. The number of aliphatic hydroxyl groups excluding tert-OH is 1. The molecule has 0 aliphatic rings. The largest absolute Gasteiger partial charge is 0.472 e. The van der Waals surface area contributed by atoms with Crippen molar-refractivity contribution in [1.82, 2.24) is 0 Å². The Balaban J connectivity index is 5.20. The Hall–Kier alpha value is -1.94. The summed E-state index contributed by atoms with van der Waals surface area (Å²) in [6, 6.07) is 0. The van der Waals surface area contributed by atoms with Crippen LogP contribution in [-0.4, -0.2) is 96.7 Å². The van der Waals surface area contributed by atoms with Gasteiger partial charge in [0.1, 0.15) is 19.3 Å². The first-order valence-corrected chi connectivity index (χ1v) is 38.8. The van der Waals surface area contributed by atoms with Crippen LogP contribution in [0.2, 0.25) is 0 Å². The lowest BCUT2D eigenvalue weighted by molar-refractivity contribution is -0.161. The fourth-order valence-electron chi connectivity index (χ4n) is 10.2. The van der Waals surface area contributed by atoms with Gasteiger partial charge in [-0.25, -0.2) is 9.13 Å². The average molecular weight is 1300 g/mol. The summed E-state index contributed by atoms with van der Waals surface area (Å²) in [5.41, 5.74) is 0. The van der Waals surface area contributed by atoms with E-state index in [1.807, 2.05) is 0 Å². The summed E-state index contributed by atoms with van der Waals surface area (Å²) < 4.78 is 68.2. The smallest absolute Gasteiger partial charge is 0.462 e. The number of carbonyl (C=O) groups is 4. The van der Waals surface area contributed by atoms with E-state index in [4.69, 9.17) is 37.0 Å². The predicted octanol–water partition coefficient (Wildman–Crippen LogP) is 19.3. The molecular formula is C69H134O17P2. The lowest BCUT2D eigenvalue weighted by Gasteiger charge is -2.21. The summed E-state index contributed by atoms with van der Waals surface area (Å²) in [7, 11) is -9.90. The van der Waals surface area contributed by atoms with Gasteiger partial charge in [0, 0.05) is 25.7 Å². The predicted molar refractivity (Wildman–Crippen MR) is 354 cm³/mol. The van der Waals surface area contributed by atoms with Gasteiger partial charge in [0.15, 0.2) is 12.2 Å². The number of aliphatic hydroxyl groups is 1. The van der Waals surface area contributed by atoms with E-state index < -0.39 is 97.5 Å². The van der Waals surface area contributed by atoms with Crippen molar-refractivity contribution in [3.63, 3.8) is 0 Å². The van der Waals surface area contributed by atoms with Crippen LogP contribution < -0.4 is 0 Å². The molecule has 0 fully saturated rings. The van der Waals surface area contributed by atoms with Crippen molar-refractivity contribution in [1.29, 1.82) is 0 Å². The molecule has 0 rings (SSSR count). The zero-order valence-corrected chi connectivity index (χ0v) is 59.1. The molecule has 0 aliphatic heterocycles. The first-order chi connectivity index (χ1) is 42.2. The maximum atomic E-state index is 13.0. The second-order valence-corrected chi connectivity index (χ2v) is 29.3. The number of phosphoric acid groups is 2. The van der Waals surface area contributed by atoms with E-state index in [1.165, 1.54) is 135 Å². The third-order valence-corrected chi connectivity index (χ3v) is 18.4. The lowest BCUT2D eigenvalue weighted by atomic mass is 9.99. The Kier molecular flexibility index (Phi) is 57.6. The number of rotatable bonds is 66. The molecular weight excluding hydrogens is 1160 g/mol. The van der Waals surface area contributed by atoms with Gasteiger partial charge in [-0.2, -0.15) is 0 Å². The van der Waals surface area contributed by atoms with Crippen molar-refractivity contribution >= 4 is 39.5 Å². The second-order valence-electron chi connectivity index (χ2n) is 26.4. The number of carbonyl (C=O) groups excluding carboxylic acids is 4. The fraction of sp³-hybridized carbons (Fsp3) is 0.942. The van der Waals surface area contributed by atoms with Crippen LogP contribution in [0.5, 0.6) is 0 Å². The summed E-state index contributed by atoms with van der Waals surface area (Å²) >= 11 is 0. The SMILES string of the molecule is CCC(C)CCCCCCCCCCC(=O)O[C@H](COC(=O)CCCCCCCCC(C)CC)COP(=O)(O)OC[C@H](O)COP(=O)(O)OC[C@@H](COC(=O)CCCCCCCCCCCCCCCCC(C)C)OC(=O)CCCCCCCCC(C)C. The monoisotopic (exact) mass is 1300 g/mol. The molecule has 3 N–H and O–H groups in total. The molecule has 17 nitrogen and oxygen atoms in total. The summed E-state index contributed by atoms with van der Waals surface area (Å²) in [6.45, 7) is 14.0. The normalized spacial score (nSPS) is 14.9. The number of hydrogen-bond donors (Lipinski definition) is 3. The number of unbranched alkanes of at least 4 members (excludes halogenated alkanes) is 30. The zero-order chi connectivity index (χ0) is 65.4. The molecule has 522 valence electrons. The van der Waals surface area contributed by atoms with Crippen LogP contribution in [0, 0.1) is 23.7 Å². The maximum Gasteiger partial charge on any atom is 0.472 e. The Morgan fingerprint density at radius 2 is 0.545 bits per heavy atom. The highest BCUT2D eigenvalue weighted by Gasteiger charge is 2.30. The van der Waals surface area contributed by atoms with Crippen LogP contribution in [0.3, 0.4) is 0 Å². The van der Waals surface area contributed by atoms with Crippen molar-refractivity contribution in [3.8, 4) is 0 Å². The van der Waals surface area contributed by atoms with Crippen LogP contribution >= 0.6 is 15.6 Å². The molecule has 0 saturated carbocycles. The molecule has 0 bridgehead atoms. The minimum absolute atomic E-state index is 0.102. The molecule has 0 amide bonds. The minimum atomic E-state index is -4.95. The van der Waals surface area contributed by atoms with Gasteiger partial charge in [-0.15, -0.1) is 0 Å². The summed E-state index contributed by atoms with van der Waals surface area (Å²) in [4.78, 5) is 72.4. The molecule has 88 heavy (non-hydrogen) atoms. The zero-order valence-electron chi connectivity index (χ0n) is 57.3. The van der Waals surface area contributed by atoms with Gasteiger partial charge in [-0.05, 0) is 49.4 Å². The van der Waals surface area contributed by atoms with Gasteiger partial charge in [-0.1, -0.05) is 287 Å². The van der Waals surface area contributed by atoms with Crippen LogP contribution in [0.15, 0.2) is 0 Å². The first-order valence-electron chi connectivity index (χ1n) is 35.8. The first kappa shape index (κ1) is 86.1. The van der Waals surface area contributed by atoms with Crippen LogP contribution in [0.4, 0.5) is 0 Å². The molecule has 19 heteroatoms. The second kappa shape index (κ2) is 58.8. The van der Waals surface area contributed by atoms with Crippen LogP contribution in [0.25, 0.3) is 0 Å². The van der Waals surface area contributed by atoms with E-state index in [2.05, 4.69) is 55.4 Å². The van der Waals surface area contributed by atoms with Gasteiger partial charge in [0.25, 0.3) is 0 Å². The van der Waals surface area contributed by atoms with Crippen molar-refractivity contribution < 1.29 is 80.2 Å². The number of hydrogen-bond acceptors (Lipinski definition) is 15. The Morgan fingerprint density at radius 3 is 0.807 bits per heavy atom. The van der Waals surface area contributed by atoms with Gasteiger partial charge in [0.2, 0.25) is 0 Å². The van der Waals surface area contributed by atoms with Crippen LogP contribution in [0.1, 0.15) is 338 Å². The molecule has 4 unspecified atom stereocenters. The molecule has 0 heterocycles.